The SMILES string of the molecule is CC(=O)Nc1ccc(Sc2nc(N3CCC(O)CC3)nc(Nc3cc(C)[nH]n3)c2Cl)cc1. The minimum Gasteiger partial charge on any atom is -0.393 e. The average Bonchev–Trinajstić information content (AvgIpc) is 3.17. The molecule has 0 unspecified atom stereocenters. The van der Waals surface area contributed by atoms with Crippen molar-refractivity contribution in [2.75, 3.05) is 28.6 Å². The van der Waals surface area contributed by atoms with Crippen molar-refractivity contribution < 1.29 is 9.90 Å². The highest BCUT2D eigenvalue weighted by Gasteiger charge is 2.23. The Labute approximate surface area is 195 Å². The molecular weight excluding hydrogens is 450 g/mol. The van der Waals surface area contributed by atoms with Gasteiger partial charge >= 0.3 is 0 Å². The van der Waals surface area contributed by atoms with E-state index >= 15 is 0 Å². The van der Waals surface area contributed by atoms with Crippen LogP contribution >= 0.6 is 23.4 Å². The number of nitrogens with zero attached hydrogens (tertiary/aromatic N) is 4. The Kier molecular flexibility index (Phi) is 6.83. The molecule has 1 aromatic carbocycles. The van der Waals surface area contributed by atoms with E-state index in [0.717, 1.165) is 16.3 Å². The van der Waals surface area contributed by atoms with Crippen LogP contribution in [0.5, 0.6) is 0 Å². The zero-order valence-electron chi connectivity index (χ0n) is 17.7. The lowest BCUT2D eigenvalue weighted by Gasteiger charge is -2.30. The van der Waals surface area contributed by atoms with Crippen LogP contribution in [0.25, 0.3) is 0 Å². The molecule has 1 fully saturated rings. The van der Waals surface area contributed by atoms with E-state index in [2.05, 4.69) is 25.8 Å². The predicted molar refractivity (Wildman–Crippen MR) is 126 cm³/mol. The topological polar surface area (TPSA) is 119 Å². The molecular formula is C21H24ClN7O2S. The van der Waals surface area contributed by atoms with Gasteiger partial charge in [0.2, 0.25) is 11.9 Å². The molecule has 1 saturated heterocycles. The van der Waals surface area contributed by atoms with E-state index < -0.39 is 0 Å². The number of hydrogen-bond acceptors (Lipinski definition) is 8. The minimum atomic E-state index is -0.292. The van der Waals surface area contributed by atoms with E-state index in [4.69, 9.17) is 16.6 Å². The Morgan fingerprint density at radius 2 is 1.97 bits per heavy atom. The van der Waals surface area contributed by atoms with Crippen molar-refractivity contribution in [3.8, 4) is 0 Å². The number of benzene rings is 1. The number of aliphatic hydroxyl groups excluding tert-OH is 1. The number of halogens is 1. The molecule has 0 bridgehead atoms. The molecule has 0 aliphatic carbocycles. The number of carbonyl (C=O) groups is 1. The second-order valence-corrected chi connectivity index (χ2v) is 9.02. The van der Waals surface area contributed by atoms with Crippen molar-refractivity contribution in [1.29, 1.82) is 0 Å². The molecule has 4 N–H and O–H groups in total. The first-order valence-corrected chi connectivity index (χ1v) is 11.4. The molecule has 3 heterocycles. The van der Waals surface area contributed by atoms with Crippen molar-refractivity contribution >= 4 is 52.5 Å². The van der Waals surface area contributed by atoms with Crippen LogP contribution in [0.3, 0.4) is 0 Å². The Morgan fingerprint density at radius 3 is 2.59 bits per heavy atom. The maximum absolute atomic E-state index is 11.2. The highest BCUT2D eigenvalue weighted by molar-refractivity contribution is 7.99. The number of carbonyl (C=O) groups excluding carboxylic acids is 1. The number of hydrogen-bond donors (Lipinski definition) is 4. The Hall–Kier alpha value is -2.82. The van der Waals surface area contributed by atoms with E-state index in [1.54, 1.807) is 0 Å². The van der Waals surface area contributed by atoms with Crippen LogP contribution in [0.4, 0.5) is 23.3 Å². The molecule has 32 heavy (non-hydrogen) atoms. The molecule has 2 aromatic heterocycles. The summed E-state index contributed by atoms with van der Waals surface area (Å²) in [6.07, 6.45) is 1.04. The summed E-state index contributed by atoms with van der Waals surface area (Å²) in [5, 5.41) is 23.9. The van der Waals surface area contributed by atoms with Crippen LogP contribution in [-0.2, 0) is 4.79 Å². The van der Waals surface area contributed by atoms with Crippen LogP contribution in [0.15, 0.2) is 40.3 Å². The first-order chi connectivity index (χ1) is 15.4. The summed E-state index contributed by atoms with van der Waals surface area (Å²) in [7, 11) is 0. The van der Waals surface area contributed by atoms with Gasteiger partial charge in [-0.2, -0.15) is 10.1 Å². The fourth-order valence-electron chi connectivity index (χ4n) is 3.30. The summed E-state index contributed by atoms with van der Waals surface area (Å²) in [5.74, 6) is 1.50. The first-order valence-electron chi connectivity index (χ1n) is 10.2. The largest absolute Gasteiger partial charge is 0.393 e. The number of H-pyrrole nitrogens is 1. The summed E-state index contributed by atoms with van der Waals surface area (Å²) >= 11 is 8.10. The fraction of sp³-hybridized carbons (Fsp3) is 0.333. The van der Waals surface area contributed by atoms with Gasteiger partial charge in [0, 0.05) is 42.4 Å². The first kappa shape index (κ1) is 22.4. The minimum absolute atomic E-state index is 0.121. The fourth-order valence-corrected chi connectivity index (χ4v) is 4.35. The molecule has 3 aromatic rings. The summed E-state index contributed by atoms with van der Waals surface area (Å²) in [6.45, 7) is 4.72. The zero-order chi connectivity index (χ0) is 22.7. The van der Waals surface area contributed by atoms with E-state index in [9.17, 15) is 9.90 Å². The molecule has 4 rings (SSSR count). The number of aromatic nitrogens is 4. The maximum atomic E-state index is 11.2. The van der Waals surface area contributed by atoms with Crippen molar-refractivity contribution in [1.82, 2.24) is 20.2 Å². The van der Waals surface area contributed by atoms with E-state index in [1.807, 2.05) is 42.2 Å². The number of aryl methyl sites for hydroxylation is 1. The molecule has 1 aliphatic heterocycles. The maximum Gasteiger partial charge on any atom is 0.228 e. The number of piperidine rings is 1. The second kappa shape index (κ2) is 9.76. The van der Waals surface area contributed by atoms with Crippen molar-refractivity contribution in [3.05, 3.63) is 41.0 Å². The molecule has 0 saturated carbocycles. The monoisotopic (exact) mass is 473 g/mol. The third-order valence-electron chi connectivity index (χ3n) is 4.90. The van der Waals surface area contributed by atoms with Gasteiger partial charge in [0.1, 0.15) is 10.0 Å². The van der Waals surface area contributed by atoms with Gasteiger partial charge in [0.05, 0.1) is 6.10 Å². The van der Waals surface area contributed by atoms with Crippen LogP contribution in [0.2, 0.25) is 5.02 Å². The van der Waals surface area contributed by atoms with E-state index in [-0.39, 0.29) is 12.0 Å². The quantitative estimate of drug-likeness (QED) is 0.397. The van der Waals surface area contributed by atoms with Crippen molar-refractivity contribution in [3.63, 3.8) is 0 Å². The van der Waals surface area contributed by atoms with Crippen molar-refractivity contribution in [2.45, 2.75) is 42.7 Å². The standard InChI is InChI=1S/C21H24ClN7O2S/c1-12-11-17(28-27-12)24-19-18(22)20(26-21(25-19)29-9-7-15(31)8-10-29)32-16-5-3-14(4-6-16)23-13(2)30/h3-6,11,15,31H,7-10H2,1-2H3,(H,23,30)(H2,24,25,26,27,28). The average molecular weight is 474 g/mol. The van der Waals surface area contributed by atoms with Crippen LogP contribution < -0.4 is 15.5 Å². The highest BCUT2D eigenvalue weighted by Crippen LogP contribution is 2.38. The molecule has 1 amide bonds. The van der Waals surface area contributed by atoms with Gasteiger partial charge in [-0.3, -0.25) is 9.89 Å². The number of anilines is 4. The highest BCUT2D eigenvalue weighted by atomic mass is 35.5. The summed E-state index contributed by atoms with van der Waals surface area (Å²) in [4.78, 5) is 23.6. The number of amides is 1. The van der Waals surface area contributed by atoms with Gasteiger partial charge in [-0.25, -0.2) is 4.98 Å². The lowest BCUT2D eigenvalue weighted by atomic mass is 10.1. The van der Waals surface area contributed by atoms with Gasteiger partial charge in [0.25, 0.3) is 0 Å². The second-order valence-electron chi connectivity index (χ2n) is 7.58. The Bertz CT molecular complexity index is 1100. The zero-order valence-corrected chi connectivity index (χ0v) is 19.3. The summed E-state index contributed by atoms with van der Waals surface area (Å²) in [5.41, 5.74) is 1.64. The molecule has 0 atom stereocenters. The van der Waals surface area contributed by atoms with Gasteiger partial charge in [-0.1, -0.05) is 23.4 Å². The van der Waals surface area contributed by atoms with Gasteiger partial charge in [0.15, 0.2) is 11.6 Å². The molecule has 9 nitrogen and oxygen atoms in total. The molecule has 11 heteroatoms. The normalized spacial score (nSPS) is 14.4. The Balaban J connectivity index is 1.64. The van der Waals surface area contributed by atoms with Gasteiger partial charge < -0.3 is 20.6 Å². The Morgan fingerprint density at radius 1 is 1.25 bits per heavy atom. The lowest BCUT2D eigenvalue weighted by molar-refractivity contribution is -0.114. The smallest absolute Gasteiger partial charge is 0.228 e. The van der Waals surface area contributed by atoms with Crippen molar-refractivity contribution in [2.24, 2.45) is 0 Å². The lowest BCUT2D eigenvalue weighted by Crippen LogP contribution is -2.37. The van der Waals surface area contributed by atoms with Gasteiger partial charge in [-0.05, 0) is 44.0 Å². The van der Waals surface area contributed by atoms with Gasteiger partial charge in [-0.15, -0.1) is 0 Å². The molecule has 168 valence electrons. The molecule has 1 aliphatic rings. The number of nitrogens with one attached hydrogen (secondary N) is 3. The van der Waals surface area contributed by atoms with Crippen LogP contribution in [0.1, 0.15) is 25.5 Å². The number of rotatable bonds is 6. The van der Waals surface area contributed by atoms with Crippen LogP contribution in [-0.4, -0.2) is 50.4 Å². The third kappa shape index (κ3) is 5.50. The number of aliphatic hydroxyl groups is 1. The third-order valence-corrected chi connectivity index (χ3v) is 6.36. The molecule has 0 spiro atoms. The van der Waals surface area contributed by atoms with Crippen LogP contribution in [0, 0.1) is 6.92 Å². The predicted octanol–water partition coefficient (Wildman–Crippen LogP) is 3.98. The van der Waals surface area contributed by atoms with E-state index in [1.165, 1.54) is 18.7 Å². The summed E-state index contributed by atoms with van der Waals surface area (Å²) in [6, 6.07) is 9.32. The van der Waals surface area contributed by atoms with E-state index in [0.29, 0.717) is 53.6 Å². The molecule has 0 radical (unpaired) electrons. The summed E-state index contributed by atoms with van der Waals surface area (Å²) < 4.78 is 0. The number of aromatic amines is 1.